The Morgan fingerprint density at radius 1 is 0.972 bits per heavy atom. The Morgan fingerprint density at radius 3 is 2.42 bits per heavy atom. The Hall–Kier alpha value is -4.06. The van der Waals surface area contributed by atoms with Gasteiger partial charge in [0.1, 0.15) is 12.2 Å². The highest BCUT2D eigenvalue weighted by Crippen LogP contribution is 2.56. The third-order valence-corrected chi connectivity index (χ3v) is 7.52. The fourth-order valence-electron chi connectivity index (χ4n) is 5.73. The summed E-state index contributed by atoms with van der Waals surface area (Å²) in [6.07, 6.45) is 4.72. The zero-order chi connectivity index (χ0) is 24.7. The van der Waals surface area contributed by atoms with Crippen LogP contribution in [0.4, 0.5) is 0 Å². The van der Waals surface area contributed by atoms with Gasteiger partial charge in [-0.2, -0.15) is 0 Å². The minimum absolute atomic E-state index is 0.0171. The van der Waals surface area contributed by atoms with Gasteiger partial charge < -0.3 is 19.1 Å². The Labute approximate surface area is 210 Å². The van der Waals surface area contributed by atoms with Crippen LogP contribution in [0.25, 0.3) is 0 Å². The normalized spacial score (nSPS) is 23.6. The zero-order valence-electron chi connectivity index (χ0n) is 20.1. The molecule has 3 aliphatic rings. The van der Waals surface area contributed by atoms with Crippen LogP contribution in [0.5, 0.6) is 11.5 Å². The third kappa shape index (κ3) is 3.65. The van der Waals surface area contributed by atoms with E-state index in [1.165, 1.54) is 0 Å². The Kier molecular flexibility index (Phi) is 5.52. The highest BCUT2D eigenvalue weighted by molar-refractivity contribution is 5.94. The first-order valence-corrected chi connectivity index (χ1v) is 12.3. The number of esters is 1. The Balaban J connectivity index is 1.33. The minimum Gasteiger partial charge on any atom is -0.493 e. The van der Waals surface area contributed by atoms with Gasteiger partial charge in [0.15, 0.2) is 11.5 Å². The Morgan fingerprint density at radius 2 is 1.69 bits per heavy atom. The van der Waals surface area contributed by atoms with Crippen LogP contribution < -0.4 is 9.47 Å². The standard InChI is InChI=1S/C30H27NO5/c1-34-24-13-12-22-19-31(28(32)20-8-4-2-5-9-20)17-16-30-15-14-23(18-25(30)36-27(24)26(22)30)35-29(33)21-10-6-3-7-11-21/h2-15,23,25H,16-19H2,1H3/t23-,25-,30?/m0/s1. The molecule has 0 aromatic heterocycles. The summed E-state index contributed by atoms with van der Waals surface area (Å²) in [5.41, 5.74) is 2.93. The lowest BCUT2D eigenvalue weighted by atomic mass is 9.69. The summed E-state index contributed by atoms with van der Waals surface area (Å²) in [5, 5.41) is 0. The molecule has 2 heterocycles. The summed E-state index contributed by atoms with van der Waals surface area (Å²) in [5.74, 6) is 1.07. The molecular formula is C30H27NO5. The molecule has 3 aromatic rings. The number of methoxy groups -OCH3 is 1. The molecule has 0 N–H and O–H groups in total. The molecule has 1 unspecified atom stereocenters. The maximum Gasteiger partial charge on any atom is 0.338 e. The van der Waals surface area contributed by atoms with Crippen LogP contribution in [0, 0.1) is 0 Å². The summed E-state index contributed by atoms with van der Waals surface area (Å²) in [7, 11) is 1.64. The Bertz CT molecular complexity index is 1340. The van der Waals surface area contributed by atoms with Crippen molar-refractivity contribution in [3.05, 3.63) is 107 Å². The molecular weight excluding hydrogens is 454 g/mol. The predicted molar refractivity (Wildman–Crippen MR) is 134 cm³/mol. The van der Waals surface area contributed by atoms with E-state index in [0.29, 0.717) is 42.8 Å². The lowest BCUT2D eigenvalue weighted by molar-refractivity contribution is 0.0214. The first-order chi connectivity index (χ1) is 17.6. The number of benzene rings is 3. The number of rotatable bonds is 4. The fraction of sp³-hybridized carbons (Fsp3) is 0.267. The molecule has 2 aliphatic heterocycles. The molecule has 6 nitrogen and oxygen atoms in total. The zero-order valence-corrected chi connectivity index (χ0v) is 20.1. The fourth-order valence-corrected chi connectivity index (χ4v) is 5.73. The van der Waals surface area contributed by atoms with Gasteiger partial charge in [0.2, 0.25) is 0 Å². The van der Waals surface area contributed by atoms with Gasteiger partial charge in [-0.3, -0.25) is 4.79 Å². The van der Waals surface area contributed by atoms with E-state index in [-0.39, 0.29) is 18.0 Å². The number of amides is 1. The molecule has 0 saturated heterocycles. The molecule has 0 fully saturated rings. The second-order valence-corrected chi connectivity index (χ2v) is 9.53. The second-order valence-electron chi connectivity index (χ2n) is 9.53. The second kappa shape index (κ2) is 8.86. The van der Waals surface area contributed by atoms with Crippen molar-refractivity contribution in [2.75, 3.05) is 13.7 Å². The van der Waals surface area contributed by atoms with E-state index < -0.39 is 11.5 Å². The monoisotopic (exact) mass is 481 g/mol. The van der Waals surface area contributed by atoms with Crippen LogP contribution in [-0.4, -0.2) is 42.6 Å². The molecule has 3 aromatic carbocycles. The third-order valence-electron chi connectivity index (χ3n) is 7.52. The van der Waals surface area contributed by atoms with Gasteiger partial charge in [-0.15, -0.1) is 0 Å². The molecule has 36 heavy (non-hydrogen) atoms. The van der Waals surface area contributed by atoms with E-state index >= 15 is 0 Å². The van der Waals surface area contributed by atoms with Crippen molar-refractivity contribution in [2.24, 2.45) is 0 Å². The van der Waals surface area contributed by atoms with Crippen LogP contribution in [0.15, 0.2) is 84.9 Å². The van der Waals surface area contributed by atoms with Crippen molar-refractivity contribution in [3.63, 3.8) is 0 Å². The molecule has 0 radical (unpaired) electrons. The van der Waals surface area contributed by atoms with Crippen molar-refractivity contribution < 1.29 is 23.8 Å². The first-order valence-electron chi connectivity index (χ1n) is 12.3. The molecule has 1 amide bonds. The van der Waals surface area contributed by atoms with Gasteiger partial charge in [0, 0.05) is 30.6 Å². The molecule has 6 heteroatoms. The quantitative estimate of drug-likeness (QED) is 0.391. The number of hydrogen-bond donors (Lipinski definition) is 0. The molecule has 1 spiro atoms. The maximum absolute atomic E-state index is 13.4. The number of carbonyl (C=O) groups is 2. The summed E-state index contributed by atoms with van der Waals surface area (Å²) in [6, 6.07) is 22.3. The van der Waals surface area contributed by atoms with Gasteiger partial charge in [0.25, 0.3) is 5.91 Å². The molecule has 1 aliphatic carbocycles. The van der Waals surface area contributed by atoms with Crippen LogP contribution >= 0.6 is 0 Å². The summed E-state index contributed by atoms with van der Waals surface area (Å²) < 4.78 is 18.0. The van der Waals surface area contributed by atoms with Gasteiger partial charge in [-0.25, -0.2) is 4.79 Å². The molecule has 0 saturated carbocycles. The van der Waals surface area contributed by atoms with E-state index in [1.807, 2.05) is 71.6 Å². The van der Waals surface area contributed by atoms with E-state index in [0.717, 1.165) is 16.9 Å². The molecule has 0 bridgehead atoms. The van der Waals surface area contributed by atoms with Crippen molar-refractivity contribution in [2.45, 2.75) is 37.0 Å². The van der Waals surface area contributed by atoms with Crippen molar-refractivity contribution >= 4 is 11.9 Å². The summed E-state index contributed by atoms with van der Waals surface area (Å²) >= 11 is 0. The molecule has 6 rings (SSSR count). The predicted octanol–water partition coefficient (Wildman–Crippen LogP) is 4.93. The SMILES string of the molecule is COc1ccc2c3c1O[C@H]1C[C@@H](OC(=O)c4ccccc4)C=CC31CCN(C(=O)c1ccccc1)C2. The topological polar surface area (TPSA) is 65.1 Å². The van der Waals surface area contributed by atoms with Gasteiger partial charge >= 0.3 is 5.97 Å². The summed E-state index contributed by atoms with van der Waals surface area (Å²) in [6.45, 7) is 1.08. The smallest absolute Gasteiger partial charge is 0.338 e. The van der Waals surface area contributed by atoms with E-state index in [9.17, 15) is 9.59 Å². The lowest BCUT2D eigenvalue weighted by Crippen LogP contribution is -2.44. The maximum atomic E-state index is 13.4. The van der Waals surface area contributed by atoms with E-state index in [2.05, 4.69) is 6.08 Å². The van der Waals surface area contributed by atoms with E-state index in [4.69, 9.17) is 14.2 Å². The number of nitrogens with zero attached hydrogens (tertiary/aromatic N) is 1. The number of carbonyl (C=O) groups excluding carboxylic acids is 2. The van der Waals surface area contributed by atoms with Gasteiger partial charge in [0.05, 0.1) is 18.1 Å². The van der Waals surface area contributed by atoms with E-state index in [1.54, 1.807) is 19.2 Å². The van der Waals surface area contributed by atoms with Crippen LogP contribution in [0.3, 0.4) is 0 Å². The molecule has 3 atom stereocenters. The summed E-state index contributed by atoms with van der Waals surface area (Å²) in [4.78, 5) is 28.0. The highest BCUT2D eigenvalue weighted by Gasteiger charge is 2.53. The molecule has 182 valence electrons. The van der Waals surface area contributed by atoms with Crippen LogP contribution in [0.2, 0.25) is 0 Å². The number of ether oxygens (including phenoxy) is 3. The van der Waals surface area contributed by atoms with Crippen molar-refractivity contribution in [1.82, 2.24) is 4.90 Å². The van der Waals surface area contributed by atoms with Crippen LogP contribution in [0.1, 0.15) is 44.7 Å². The van der Waals surface area contributed by atoms with Crippen molar-refractivity contribution in [3.8, 4) is 11.5 Å². The minimum atomic E-state index is -0.416. The lowest BCUT2D eigenvalue weighted by Gasteiger charge is -2.36. The number of hydrogen-bond acceptors (Lipinski definition) is 5. The highest BCUT2D eigenvalue weighted by atomic mass is 16.6. The van der Waals surface area contributed by atoms with Gasteiger partial charge in [-0.1, -0.05) is 48.5 Å². The van der Waals surface area contributed by atoms with Gasteiger partial charge in [-0.05, 0) is 48.4 Å². The van der Waals surface area contributed by atoms with Crippen LogP contribution in [-0.2, 0) is 16.7 Å². The largest absolute Gasteiger partial charge is 0.493 e. The average Bonchev–Trinajstić information content (AvgIpc) is 3.16. The average molecular weight is 482 g/mol. The first kappa shape index (κ1) is 22.4. The van der Waals surface area contributed by atoms with Crippen molar-refractivity contribution in [1.29, 1.82) is 0 Å².